The van der Waals surface area contributed by atoms with Gasteiger partial charge >= 0.3 is 12.1 Å². The highest BCUT2D eigenvalue weighted by Crippen LogP contribution is 2.31. The van der Waals surface area contributed by atoms with Crippen LogP contribution >= 0.6 is 0 Å². The Morgan fingerprint density at radius 3 is 2.40 bits per heavy atom. The van der Waals surface area contributed by atoms with Crippen LogP contribution in [0.15, 0.2) is 42.5 Å². The second kappa shape index (κ2) is 15.3. The summed E-state index contributed by atoms with van der Waals surface area (Å²) >= 11 is 0. The third-order valence-electron chi connectivity index (χ3n) is 8.27. The molecular weight excluding hydrogens is 602 g/mol. The van der Waals surface area contributed by atoms with Gasteiger partial charge in [-0.15, -0.1) is 0 Å². The van der Waals surface area contributed by atoms with Crippen molar-refractivity contribution in [1.82, 2.24) is 25.1 Å². The van der Waals surface area contributed by atoms with Gasteiger partial charge in [-0.2, -0.15) is 0 Å². The first-order chi connectivity index (χ1) is 22.3. The number of imidazole rings is 1. The third kappa shape index (κ3) is 8.40. The average molecular weight is 648 g/mol. The summed E-state index contributed by atoms with van der Waals surface area (Å²) in [6, 6.07) is 12.1. The highest BCUT2D eigenvalue weighted by atomic mass is 16.6. The fraction of sp³-hybridized carbons (Fsp3) is 0.471. The Balaban J connectivity index is 1.55. The number of benzene rings is 2. The van der Waals surface area contributed by atoms with Gasteiger partial charge in [0.05, 0.1) is 41.7 Å². The molecule has 47 heavy (non-hydrogen) atoms. The fourth-order valence-electron chi connectivity index (χ4n) is 5.72. The van der Waals surface area contributed by atoms with Gasteiger partial charge in [0.15, 0.2) is 5.78 Å². The Kier molecular flexibility index (Phi) is 11.5. The maximum absolute atomic E-state index is 13.9. The van der Waals surface area contributed by atoms with Crippen molar-refractivity contribution in [2.45, 2.75) is 64.5 Å². The summed E-state index contributed by atoms with van der Waals surface area (Å²) < 4.78 is 11.8. The van der Waals surface area contributed by atoms with Gasteiger partial charge in [-0.05, 0) is 63.8 Å². The first-order valence-electron chi connectivity index (χ1n) is 15.9. The number of carbonyl (C=O) groups is 4. The number of ketones is 1. The van der Waals surface area contributed by atoms with E-state index in [2.05, 4.69) is 10.6 Å². The number of likely N-dealkylation sites (tertiary alicyclic amines) is 1. The minimum atomic E-state index is -1.00. The van der Waals surface area contributed by atoms with Crippen molar-refractivity contribution in [3.63, 3.8) is 0 Å². The smallest absolute Gasteiger partial charge is 0.413 e. The van der Waals surface area contributed by atoms with Crippen LogP contribution in [0.2, 0.25) is 0 Å². The molecule has 2 unspecified atom stereocenters. The van der Waals surface area contributed by atoms with E-state index < -0.39 is 23.5 Å². The molecular formula is C34H45N7O6. The molecule has 5 N–H and O–H groups in total. The summed E-state index contributed by atoms with van der Waals surface area (Å²) in [6.07, 6.45) is 0.564. The highest BCUT2D eigenvalue weighted by molar-refractivity contribution is 6.04. The van der Waals surface area contributed by atoms with E-state index in [0.717, 1.165) is 29.5 Å². The number of aryl methyl sites for hydroxylation is 1. The van der Waals surface area contributed by atoms with Crippen LogP contribution in [-0.4, -0.2) is 82.9 Å². The predicted molar refractivity (Wildman–Crippen MR) is 177 cm³/mol. The molecule has 1 fully saturated rings. The van der Waals surface area contributed by atoms with E-state index in [-0.39, 0.29) is 49.7 Å². The number of carbonyl (C=O) groups excluding carboxylic acids is 4. The van der Waals surface area contributed by atoms with Crippen LogP contribution in [0.1, 0.15) is 75.5 Å². The molecule has 3 aromatic rings. The molecule has 2 heterocycles. The highest BCUT2D eigenvalue weighted by Gasteiger charge is 2.39. The molecule has 13 heteroatoms. The number of hydrogen-bond donors (Lipinski definition) is 4. The first-order valence-corrected chi connectivity index (χ1v) is 15.9. The molecule has 252 valence electrons. The number of amides is 2. The van der Waals surface area contributed by atoms with Crippen LogP contribution in [0.3, 0.4) is 0 Å². The number of alkyl carbamates (subject to hydrolysis) is 1. The largest absolute Gasteiger partial charge is 0.466 e. The fourth-order valence-corrected chi connectivity index (χ4v) is 5.72. The van der Waals surface area contributed by atoms with Crippen molar-refractivity contribution in [3.05, 3.63) is 65.0 Å². The Morgan fingerprint density at radius 2 is 1.77 bits per heavy atom. The van der Waals surface area contributed by atoms with Gasteiger partial charge < -0.3 is 30.0 Å². The normalized spacial score (nSPS) is 14.9. The summed E-state index contributed by atoms with van der Waals surface area (Å²) in [5, 5.41) is 13.7. The van der Waals surface area contributed by atoms with E-state index >= 15 is 0 Å². The summed E-state index contributed by atoms with van der Waals surface area (Å²) in [7, 11) is 1.88. The van der Waals surface area contributed by atoms with Gasteiger partial charge in [0.25, 0.3) is 0 Å². The molecule has 1 aliphatic heterocycles. The van der Waals surface area contributed by atoms with Gasteiger partial charge in [-0.1, -0.05) is 30.3 Å². The van der Waals surface area contributed by atoms with Crippen LogP contribution in [0.5, 0.6) is 0 Å². The Morgan fingerprint density at radius 1 is 1.09 bits per heavy atom. The lowest BCUT2D eigenvalue weighted by atomic mass is 9.80. The lowest BCUT2D eigenvalue weighted by Gasteiger charge is -2.33. The molecule has 0 radical (unpaired) electrons. The van der Waals surface area contributed by atoms with Crippen LogP contribution in [0.4, 0.5) is 4.79 Å². The number of aromatic nitrogens is 2. The SMILES string of the molecule is CCOC(=O)CC(=O)CNCC(C)(C(=O)N1CCCC1)c1ccc2c(c1)nc(C(N)c1ccc(C(=N)NC(=O)OC(C)C)cc1)n2C. The van der Waals surface area contributed by atoms with E-state index in [0.29, 0.717) is 30.0 Å². The summed E-state index contributed by atoms with van der Waals surface area (Å²) in [6.45, 7) is 8.69. The minimum Gasteiger partial charge on any atom is -0.466 e. The van der Waals surface area contributed by atoms with Crippen molar-refractivity contribution in [2.75, 3.05) is 32.8 Å². The zero-order valence-electron chi connectivity index (χ0n) is 27.7. The van der Waals surface area contributed by atoms with Crippen molar-refractivity contribution < 1.29 is 28.7 Å². The zero-order valence-corrected chi connectivity index (χ0v) is 27.7. The van der Waals surface area contributed by atoms with E-state index in [9.17, 15) is 19.2 Å². The van der Waals surface area contributed by atoms with Crippen LogP contribution in [-0.2, 0) is 36.3 Å². The van der Waals surface area contributed by atoms with Crippen molar-refractivity contribution >= 4 is 40.6 Å². The van der Waals surface area contributed by atoms with Crippen molar-refractivity contribution in [1.29, 1.82) is 5.41 Å². The molecule has 1 aliphatic rings. The number of nitrogens with one attached hydrogen (secondary N) is 3. The maximum atomic E-state index is 13.9. The second-order valence-corrected chi connectivity index (χ2v) is 12.2. The second-order valence-electron chi connectivity index (χ2n) is 12.2. The molecule has 0 bridgehead atoms. The lowest BCUT2D eigenvalue weighted by Crippen LogP contribution is -2.50. The van der Waals surface area contributed by atoms with Crippen LogP contribution in [0.25, 0.3) is 11.0 Å². The van der Waals surface area contributed by atoms with Gasteiger partial charge in [0, 0.05) is 32.2 Å². The van der Waals surface area contributed by atoms with E-state index in [1.807, 2.05) is 41.6 Å². The molecule has 1 aromatic heterocycles. The quantitative estimate of drug-likeness (QED) is 0.0938. The molecule has 2 atom stereocenters. The number of nitrogens with zero attached hydrogens (tertiary/aromatic N) is 3. The molecule has 0 spiro atoms. The number of esters is 1. The number of fused-ring (bicyclic) bond motifs is 1. The molecule has 0 aliphatic carbocycles. The standard InChI is InChI=1S/C34H45N7O6/c1-6-46-28(43)18-25(42)19-37-20-34(4,32(44)41-15-7-8-16-41)24-13-14-27-26(17-24)38-31(40(27)5)29(35)22-9-11-23(12-10-22)30(36)39-33(45)47-21(2)3/h9-14,17,21,29,37H,6-8,15-16,18-20,35H2,1-5H3,(H2,36,39,45). The maximum Gasteiger partial charge on any atom is 0.413 e. The molecule has 2 amide bonds. The Hall–Kier alpha value is -4.62. The molecule has 13 nitrogen and oxygen atoms in total. The van der Waals surface area contributed by atoms with Crippen molar-refractivity contribution in [3.8, 4) is 0 Å². The topological polar surface area (TPSA) is 182 Å². The van der Waals surface area contributed by atoms with E-state index in [1.165, 1.54) is 0 Å². The number of hydrogen-bond acceptors (Lipinski definition) is 10. The Bertz CT molecular complexity index is 1630. The van der Waals surface area contributed by atoms with Crippen molar-refractivity contribution in [2.24, 2.45) is 12.8 Å². The lowest BCUT2D eigenvalue weighted by molar-refractivity contribution is -0.145. The summed E-state index contributed by atoms with van der Waals surface area (Å²) in [4.78, 5) is 56.7. The van der Waals surface area contributed by atoms with Crippen LogP contribution in [0, 0.1) is 5.41 Å². The molecule has 0 saturated carbocycles. The van der Waals surface area contributed by atoms with Gasteiger partial charge in [0.1, 0.15) is 18.1 Å². The number of Topliss-reactive ketones (excluding diaryl/α,β-unsaturated/α-hetero) is 1. The van der Waals surface area contributed by atoms with Gasteiger partial charge in [-0.25, -0.2) is 9.78 Å². The van der Waals surface area contributed by atoms with E-state index in [4.69, 9.17) is 25.6 Å². The summed E-state index contributed by atoms with van der Waals surface area (Å²) in [5.74, 6) is -0.400. The van der Waals surface area contributed by atoms with Gasteiger partial charge in [0.2, 0.25) is 5.91 Å². The molecule has 1 saturated heterocycles. The average Bonchev–Trinajstić information content (AvgIpc) is 3.68. The van der Waals surface area contributed by atoms with Crippen LogP contribution < -0.4 is 16.4 Å². The predicted octanol–water partition coefficient (Wildman–Crippen LogP) is 3.07. The molecule has 4 rings (SSSR count). The number of rotatable bonds is 13. The summed E-state index contributed by atoms with van der Waals surface area (Å²) in [5.41, 5.74) is 9.18. The molecule has 2 aromatic carbocycles. The number of amidine groups is 1. The number of nitrogens with two attached hydrogens (primary N) is 1. The monoisotopic (exact) mass is 647 g/mol. The minimum absolute atomic E-state index is 0.0369. The van der Waals surface area contributed by atoms with Gasteiger partial charge in [-0.3, -0.25) is 25.1 Å². The third-order valence-corrected chi connectivity index (χ3v) is 8.27. The first kappa shape index (κ1) is 35.2. The zero-order chi connectivity index (χ0) is 34.3. The Labute approximate surface area is 274 Å². The van der Waals surface area contributed by atoms with E-state index in [1.54, 1.807) is 45.0 Å². The number of ether oxygens (including phenoxy) is 2.